The second kappa shape index (κ2) is 10.8. The van der Waals surface area contributed by atoms with Crippen molar-refractivity contribution in [2.45, 2.75) is 52.4 Å². The Morgan fingerprint density at radius 1 is 1.00 bits per heavy atom. The van der Waals surface area contributed by atoms with Crippen molar-refractivity contribution in [3.63, 3.8) is 0 Å². The minimum Gasteiger partial charge on any atom is -0.461 e. The number of H-pyrrole nitrogens is 1. The van der Waals surface area contributed by atoms with Gasteiger partial charge in [-0.05, 0) is 63.4 Å². The van der Waals surface area contributed by atoms with Crippen LogP contribution in [0, 0.1) is 0 Å². The molecule has 1 aromatic heterocycles. The number of esters is 1. The third-order valence-corrected chi connectivity index (χ3v) is 6.70. The molecule has 1 amide bonds. The second-order valence-electron chi connectivity index (χ2n) is 9.97. The van der Waals surface area contributed by atoms with E-state index >= 15 is 0 Å². The third kappa shape index (κ3) is 6.24. The minimum absolute atomic E-state index is 0.168. The first-order chi connectivity index (χ1) is 17.6. The van der Waals surface area contributed by atoms with Crippen molar-refractivity contribution < 1.29 is 28.4 Å². The summed E-state index contributed by atoms with van der Waals surface area (Å²) in [6, 6.07) is 17.0. The number of nitrogens with one attached hydrogen (secondary N) is 2. The number of ether oxygens (including phenoxy) is 2. The van der Waals surface area contributed by atoms with Crippen LogP contribution in [-0.4, -0.2) is 48.5 Å². The average Bonchev–Trinajstić information content (AvgIpc) is 3.38. The Kier molecular flexibility index (Phi) is 7.75. The Morgan fingerprint density at radius 2 is 1.70 bits per heavy atom. The molecule has 1 saturated heterocycles. The van der Waals surface area contributed by atoms with Gasteiger partial charge in [-0.3, -0.25) is 0 Å². The molecule has 0 spiro atoms. The van der Waals surface area contributed by atoms with Crippen LogP contribution < -0.4 is 5.32 Å². The zero-order chi connectivity index (χ0) is 26.6. The zero-order valence-corrected chi connectivity index (χ0v) is 21.9. The molecule has 1 fully saturated rings. The van der Waals surface area contributed by atoms with E-state index in [4.69, 9.17) is 18.8 Å². The lowest BCUT2D eigenvalue weighted by Gasteiger charge is -2.32. The van der Waals surface area contributed by atoms with E-state index in [1.165, 1.54) is 0 Å². The smallest absolute Gasteiger partial charge is 0.461 e. The molecule has 0 bridgehead atoms. The summed E-state index contributed by atoms with van der Waals surface area (Å²) in [6.45, 7) is 10.3. The van der Waals surface area contributed by atoms with Crippen LogP contribution in [0.2, 0.25) is 0 Å². The molecule has 9 heteroatoms. The van der Waals surface area contributed by atoms with E-state index in [9.17, 15) is 9.59 Å². The number of aromatic amines is 1. The number of carbonyl (C=O) groups excluding carboxylic acids is 2. The Bertz CT molecular complexity index is 1280. The van der Waals surface area contributed by atoms with Crippen LogP contribution in [0.5, 0.6) is 0 Å². The van der Waals surface area contributed by atoms with Gasteiger partial charge in [-0.15, -0.1) is 0 Å². The number of alkyl carbamates (subject to hydrolysis) is 1. The quantitative estimate of drug-likeness (QED) is 0.320. The molecular weight excluding hydrogens is 471 g/mol. The van der Waals surface area contributed by atoms with Crippen LogP contribution in [0.3, 0.4) is 0 Å². The molecule has 8 nitrogen and oxygen atoms in total. The molecule has 194 valence electrons. The highest BCUT2D eigenvalue weighted by molar-refractivity contribution is 6.56. The first-order valence-electron chi connectivity index (χ1n) is 12.4. The Balaban J connectivity index is 1.54. The SMILES string of the molecule is CCOC(=O)c1cc2ccc(C=C(CNC(=O)OCc3ccccc3)B3OC(C)(C)C(C)(C)O3)cc2[nH]1. The zero-order valence-electron chi connectivity index (χ0n) is 21.9. The lowest BCUT2D eigenvalue weighted by molar-refractivity contribution is 0.00578. The molecule has 0 radical (unpaired) electrons. The summed E-state index contributed by atoms with van der Waals surface area (Å²) in [4.78, 5) is 27.7. The van der Waals surface area contributed by atoms with Crippen molar-refractivity contribution in [2.24, 2.45) is 0 Å². The van der Waals surface area contributed by atoms with Crippen molar-refractivity contribution in [2.75, 3.05) is 13.2 Å². The minimum atomic E-state index is -0.658. The summed E-state index contributed by atoms with van der Waals surface area (Å²) < 4.78 is 23.0. The van der Waals surface area contributed by atoms with Crippen molar-refractivity contribution in [1.29, 1.82) is 0 Å². The molecule has 0 unspecified atom stereocenters. The van der Waals surface area contributed by atoms with E-state index in [0.29, 0.717) is 12.3 Å². The molecule has 37 heavy (non-hydrogen) atoms. The van der Waals surface area contributed by atoms with E-state index in [-0.39, 0.29) is 13.2 Å². The highest BCUT2D eigenvalue weighted by Crippen LogP contribution is 2.38. The fourth-order valence-electron chi connectivity index (χ4n) is 3.91. The predicted octanol–water partition coefficient (Wildman–Crippen LogP) is 5.29. The van der Waals surface area contributed by atoms with E-state index in [0.717, 1.165) is 27.5 Å². The van der Waals surface area contributed by atoms with Crippen LogP contribution >= 0.6 is 0 Å². The van der Waals surface area contributed by atoms with Gasteiger partial charge in [0.25, 0.3) is 0 Å². The molecular formula is C28H33BN2O6. The summed E-state index contributed by atoms with van der Waals surface area (Å²) in [6.07, 6.45) is 1.38. The van der Waals surface area contributed by atoms with Crippen molar-refractivity contribution >= 4 is 36.2 Å². The maximum absolute atomic E-state index is 12.4. The van der Waals surface area contributed by atoms with Gasteiger partial charge in [0.05, 0.1) is 17.8 Å². The van der Waals surface area contributed by atoms with Gasteiger partial charge in [0.2, 0.25) is 0 Å². The van der Waals surface area contributed by atoms with E-state index < -0.39 is 30.4 Å². The standard InChI is InChI=1S/C28H33BN2O6/c1-6-34-25(32)24-16-21-13-12-20(15-23(21)31-24)14-22(29-36-27(2,3)28(4,5)37-29)17-30-26(33)35-18-19-10-8-7-9-11-19/h7-16,31H,6,17-18H2,1-5H3,(H,30,33). The number of hydrogen-bond acceptors (Lipinski definition) is 6. The molecule has 2 aromatic carbocycles. The highest BCUT2D eigenvalue weighted by Gasteiger charge is 2.52. The van der Waals surface area contributed by atoms with Gasteiger partial charge in [0.15, 0.2) is 0 Å². The third-order valence-electron chi connectivity index (χ3n) is 6.70. The Labute approximate surface area is 217 Å². The van der Waals surface area contributed by atoms with Gasteiger partial charge < -0.3 is 29.1 Å². The van der Waals surface area contributed by atoms with E-state index in [1.54, 1.807) is 13.0 Å². The normalized spacial score (nSPS) is 16.6. The van der Waals surface area contributed by atoms with Crippen LogP contribution in [0.25, 0.3) is 17.0 Å². The first-order valence-corrected chi connectivity index (χ1v) is 12.4. The first kappa shape index (κ1) is 26.5. The van der Waals surface area contributed by atoms with Gasteiger partial charge in [0, 0.05) is 17.4 Å². The average molecular weight is 504 g/mol. The van der Waals surface area contributed by atoms with Crippen LogP contribution in [-0.2, 0) is 25.4 Å². The van der Waals surface area contributed by atoms with Gasteiger partial charge in [-0.25, -0.2) is 9.59 Å². The highest BCUT2D eigenvalue weighted by atomic mass is 16.7. The summed E-state index contributed by atoms with van der Waals surface area (Å²) in [5.41, 5.74) is 2.60. The molecule has 0 aliphatic carbocycles. The van der Waals surface area contributed by atoms with Gasteiger partial charge in [-0.2, -0.15) is 0 Å². The number of rotatable bonds is 8. The Morgan fingerprint density at radius 3 is 2.38 bits per heavy atom. The summed E-state index contributed by atoms with van der Waals surface area (Å²) >= 11 is 0. The van der Waals surface area contributed by atoms with E-state index in [2.05, 4.69) is 10.3 Å². The molecule has 1 aliphatic heterocycles. The maximum atomic E-state index is 12.4. The van der Waals surface area contributed by atoms with Crippen molar-refractivity contribution in [3.05, 3.63) is 76.9 Å². The molecule has 0 atom stereocenters. The van der Waals surface area contributed by atoms with Crippen molar-refractivity contribution in [3.8, 4) is 0 Å². The number of benzene rings is 2. The molecule has 1 aliphatic rings. The fourth-order valence-corrected chi connectivity index (χ4v) is 3.91. The molecule has 2 heterocycles. The topological polar surface area (TPSA) is 98.9 Å². The van der Waals surface area contributed by atoms with Gasteiger partial charge in [-0.1, -0.05) is 48.5 Å². The van der Waals surface area contributed by atoms with Gasteiger partial charge >= 0.3 is 19.2 Å². The summed E-state index contributed by atoms with van der Waals surface area (Å²) in [5, 5.41) is 3.71. The summed E-state index contributed by atoms with van der Waals surface area (Å²) in [5.74, 6) is -0.396. The fraction of sp³-hybridized carbons (Fsp3) is 0.357. The summed E-state index contributed by atoms with van der Waals surface area (Å²) in [7, 11) is -0.658. The lowest BCUT2D eigenvalue weighted by atomic mass is 9.77. The van der Waals surface area contributed by atoms with Crippen LogP contribution in [0.1, 0.15) is 56.2 Å². The van der Waals surface area contributed by atoms with Crippen LogP contribution in [0.4, 0.5) is 4.79 Å². The molecule has 4 rings (SSSR count). The number of hydrogen-bond donors (Lipinski definition) is 2. The molecule has 2 N–H and O–H groups in total. The number of fused-ring (bicyclic) bond motifs is 1. The van der Waals surface area contributed by atoms with E-state index in [1.807, 2.05) is 82.3 Å². The van der Waals surface area contributed by atoms with Crippen LogP contribution in [0.15, 0.2) is 60.1 Å². The predicted molar refractivity (Wildman–Crippen MR) is 143 cm³/mol. The Hall–Kier alpha value is -3.56. The number of carbonyl (C=O) groups is 2. The molecule has 0 saturated carbocycles. The number of amides is 1. The van der Waals surface area contributed by atoms with Crippen molar-refractivity contribution in [1.82, 2.24) is 10.3 Å². The number of aromatic nitrogens is 1. The van der Waals surface area contributed by atoms with Gasteiger partial charge in [0.1, 0.15) is 12.3 Å². The largest absolute Gasteiger partial charge is 0.492 e. The maximum Gasteiger partial charge on any atom is 0.492 e. The lowest BCUT2D eigenvalue weighted by Crippen LogP contribution is -2.41. The molecule has 3 aromatic rings. The second-order valence-corrected chi connectivity index (χ2v) is 9.97. The monoisotopic (exact) mass is 504 g/mol.